The lowest BCUT2D eigenvalue weighted by Crippen LogP contribution is -2.30. The first-order valence-electron chi connectivity index (χ1n) is 16.6. The summed E-state index contributed by atoms with van der Waals surface area (Å²) in [7, 11) is 0. The van der Waals surface area contributed by atoms with Crippen LogP contribution in [0.2, 0.25) is 0 Å². The number of hydrogen-bond acceptors (Lipinski definition) is 2. The van der Waals surface area contributed by atoms with Crippen molar-refractivity contribution in [3.05, 3.63) is 178 Å². The van der Waals surface area contributed by atoms with Gasteiger partial charge in [0.25, 0.3) is 0 Å². The predicted octanol–water partition coefficient (Wildman–Crippen LogP) is 10.2. The summed E-state index contributed by atoms with van der Waals surface area (Å²) in [5.74, 6) is 1.21. The Morgan fingerprint density at radius 1 is 0.702 bits per heavy atom. The summed E-state index contributed by atoms with van der Waals surface area (Å²) in [6.07, 6.45) is 10.1. The molecule has 0 N–H and O–H groups in total. The summed E-state index contributed by atoms with van der Waals surface area (Å²) in [6.45, 7) is 8.53. The second kappa shape index (κ2) is 14.9. The Hall–Kier alpha value is -5.22. The van der Waals surface area contributed by atoms with Crippen LogP contribution in [0.25, 0.3) is 5.57 Å². The average Bonchev–Trinajstić information content (AvgIpc) is 3.14. The fourth-order valence-electron chi connectivity index (χ4n) is 6.83. The van der Waals surface area contributed by atoms with Crippen LogP contribution in [0.3, 0.4) is 0 Å². The Balaban J connectivity index is 1.28. The van der Waals surface area contributed by atoms with Gasteiger partial charge in [-0.25, -0.2) is 9.98 Å². The summed E-state index contributed by atoms with van der Waals surface area (Å²) < 4.78 is 0. The number of amidine groups is 2. The largest absolute Gasteiger partial charge is 0.261 e. The van der Waals surface area contributed by atoms with Crippen LogP contribution >= 0.6 is 0 Å². The zero-order valence-electron chi connectivity index (χ0n) is 27.4. The summed E-state index contributed by atoms with van der Waals surface area (Å²) in [4.78, 5) is 18.8. The molecule has 1 saturated carbocycles. The van der Waals surface area contributed by atoms with Crippen molar-refractivity contribution in [3.8, 4) is 0 Å². The van der Waals surface area contributed by atoms with Gasteiger partial charge in [0.15, 0.2) is 11.7 Å². The Kier molecular flexibility index (Phi) is 10.1. The number of nitrogens with zero attached hydrogens (tertiary/aromatic N) is 4. The Morgan fingerprint density at radius 2 is 1.30 bits per heavy atom. The van der Waals surface area contributed by atoms with E-state index in [1.165, 1.54) is 47.1 Å². The van der Waals surface area contributed by atoms with Gasteiger partial charge in [0.1, 0.15) is 0 Å². The van der Waals surface area contributed by atoms with E-state index < -0.39 is 0 Å². The topological polar surface area (TPSA) is 50.0 Å². The second-order valence-electron chi connectivity index (χ2n) is 12.3. The first kappa shape index (κ1) is 31.7. The predicted molar refractivity (Wildman–Crippen MR) is 198 cm³/mol. The monoisotopic (exact) mass is 614 g/mol. The number of aromatic nitrogens is 1. The van der Waals surface area contributed by atoms with Crippen LogP contribution in [0.4, 0.5) is 0 Å². The number of pyridine rings is 1. The molecule has 1 fully saturated rings. The lowest BCUT2D eigenvalue weighted by Gasteiger charge is -2.39. The fourth-order valence-corrected chi connectivity index (χ4v) is 6.83. The molecule has 47 heavy (non-hydrogen) atoms. The molecule has 1 aliphatic rings. The molecule has 0 unspecified atom stereocenters. The molecule has 1 aliphatic carbocycles. The summed E-state index contributed by atoms with van der Waals surface area (Å²) in [6, 6.07) is 42.5. The first-order valence-corrected chi connectivity index (χ1v) is 16.6. The Labute approximate surface area is 279 Å². The summed E-state index contributed by atoms with van der Waals surface area (Å²) >= 11 is 0. The fraction of sp³-hybridized carbons (Fsp3) is 0.209. The molecule has 6 rings (SSSR count). The van der Waals surface area contributed by atoms with Gasteiger partial charge in [-0.3, -0.25) is 9.98 Å². The zero-order valence-corrected chi connectivity index (χ0v) is 27.4. The summed E-state index contributed by atoms with van der Waals surface area (Å²) in [5, 5.41) is 0. The third kappa shape index (κ3) is 7.12. The molecule has 1 aromatic heterocycles. The molecule has 234 valence electrons. The highest BCUT2D eigenvalue weighted by Crippen LogP contribution is 2.45. The third-order valence-electron chi connectivity index (χ3n) is 9.35. The Morgan fingerprint density at radius 3 is 1.87 bits per heavy atom. The minimum atomic E-state index is 0.00922. The SMILES string of the molecule is C=NC(=NC(=NCc1ccc(C2(c3ccc(/C(=C/C)c4ncccc4C)cc3)CCCCC2)cc1)c1ccccc1)c1ccccc1. The minimum Gasteiger partial charge on any atom is -0.261 e. The van der Waals surface area contributed by atoms with Gasteiger partial charge < -0.3 is 0 Å². The Bertz CT molecular complexity index is 1880. The molecule has 4 aromatic carbocycles. The quantitative estimate of drug-likeness (QED) is 0.127. The minimum absolute atomic E-state index is 0.00922. The molecule has 1 heterocycles. The molecule has 5 aromatic rings. The van der Waals surface area contributed by atoms with Gasteiger partial charge in [-0.15, -0.1) is 0 Å². The lowest BCUT2D eigenvalue weighted by molar-refractivity contribution is 0.346. The van der Waals surface area contributed by atoms with E-state index in [1.54, 1.807) is 0 Å². The van der Waals surface area contributed by atoms with Crippen molar-refractivity contribution < 1.29 is 0 Å². The van der Waals surface area contributed by atoms with Gasteiger partial charge in [-0.05, 0) is 67.3 Å². The third-order valence-corrected chi connectivity index (χ3v) is 9.35. The van der Waals surface area contributed by atoms with E-state index in [9.17, 15) is 0 Å². The molecule has 0 saturated heterocycles. The van der Waals surface area contributed by atoms with Crippen LogP contribution < -0.4 is 0 Å². The number of aliphatic imine (C=N–C) groups is 3. The van der Waals surface area contributed by atoms with Gasteiger partial charge in [0.05, 0.1) is 12.2 Å². The van der Waals surface area contributed by atoms with Gasteiger partial charge in [0, 0.05) is 28.3 Å². The molecule has 4 nitrogen and oxygen atoms in total. The van der Waals surface area contributed by atoms with Crippen molar-refractivity contribution in [2.24, 2.45) is 15.0 Å². The van der Waals surface area contributed by atoms with E-state index in [0.29, 0.717) is 18.2 Å². The maximum absolute atomic E-state index is 4.99. The van der Waals surface area contributed by atoms with E-state index >= 15 is 0 Å². The molecule has 0 spiro atoms. The van der Waals surface area contributed by atoms with Crippen LogP contribution in [0.1, 0.15) is 83.7 Å². The van der Waals surface area contributed by atoms with Gasteiger partial charge in [-0.1, -0.05) is 141 Å². The van der Waals surface area contributed by atoms with Gasteiger partial charge >= 0.3 is 0 Å². The van der Waals surface area contributed by atoms with Crippen molar-refractivity contribution >= 4 is 24.0 Å². The number of hydrogen-bond donors (Lipinski definition) is 0. The van der Waals surface area contributed by atoms with E-state index in [4.69, 9.17) is 15.0 Å². The molecular formula is C43H42N4. The molecule has 0 bridgehead atoms. The second-order valence-corrected chi connectivity index (χ2v) is 12.3. The number of aryl methyl sites for hydroxylation is 1. The van der Waals surface area contributed by atoms with Crippen LogP contribution in [0.15, 0.2) is 149 Å². The van der Waals surface area contributed by atoms with Gasteiger partial charge in [-0.2, -0.15) is 0 Å². The average molecular weight is 615 g/mol. The maximum Gasteiger partial charge on any atom is 0.161 e. The molecule has 0 aliphatic heterocycles. The smallest absolute Gasteiger partial charge is 0.161 e. The summed E-state index contributed by atoms with van der Waals surface area (Å²) in [5.41, 5.74) is 10.4. The molecule has 0 atom stereocenters. The van der Waals surface area contributed by atoms with E-state index in [2.05, 4.69) is 86.2 Å². The van der Waals surface area contributed by atoms with Crippen LogP contribution in [-0.4, -0.2) is 23.4 Å². The first-order chi connectivity index (χ1) is 23.1. The lowest BCUT2D eigenvalue weighted by atomic mass is 9.65. The van der Waals surface area contributed by atoms with Crippen LogP contribution in [0.5, 0.6) is 0 Å². The van der Waals surface area contributed by atoms with Crippen molar-refractivity contribution in [1.82, 2.24) is 4.98 Å². The zero-order chi connectivity index (χ0) is 32.5. The van der Waals surface area contributed by atoms with Gasteiger partial charge in [0.2, 0.25) is 0 Å². The molecule has 0 amide bonds. The highest BCUT2D eigenvalue weighted by Gasteiger charge is 2.35. The van der Waals surface area contributed by atoms with Crippen molar-refractivity contribution in [2.45, 2.75) is 57.9 Å². The van der Waals surface area contributed by atoms with Crippen molar-refractivity contribution in [1.29, 1.82) is 0 Å². The van der Waals surface area contributed by atoms with Crippen molar-refractivity contribution in [2.75, 3.05) is 0 Å². The van der Waals surface area contributed by atoms with E-state index in [-0.39, 0.29) is 5.41 Å². The normalized spacial score (nSPS) is 15.3. The van der Waals surface area contributed by atoms with E-state index in [1.807, 2.05) is 72.9 Å². The highest BCUT2D eigenvalue weighted by molar-refractivity contribution is 6.12. The molecular weight excluding hydrogens is 573 g/mol. The van der Waals surface area contributed by atoms with Crippen LogP contribution in [0, 0.1) is 6.92 Å². The number of rotatable bonds is 8. The highest BCUT2D eigenvalue weighted by atomic mass is 15.0. The molecule has 4 heteroatoms. The standard InChI is InChI=1S/C43H42N4/c1-4-39(40-32(2)15-14-30-45-40)34-22-26-38(27-23-34)43(28-12-7-13-29-43)37-24-20-33(21-25-37)31-46-42(36-18-10-6-11-19-36)47-41(44-3)35-16-8-5-9-17-35/h4-6,8-11,14-27,30H,3,7,12-13,28-29,31H2,1-2H3/b39-4-,46-42?,47-41?. The number of allylic oxidation sites excluding steroid dienone is 1. The van der Waals surface area contributed by atoms with Crippen LogP contribution in [-0.2, 0) is 12.0 Å². The van der Waals surface area contributed by atoms with E-state index in [0.717, 1.165) is 35.2 Å². The molecule has 0 radical (unpaired) electrons. The maximum atomic E-state index is 4.99. The van der Waals surface area contributed by atoms with Crippen molar-refractivity contribution in [3.63, 3.8) is 0 Å². The number of benzene rings is 4.